The number of amides is 2. The highest BCUT2D eigenvalue weighted by Crippen LogP contribution is 2.41. The summed E-state index contributed by atoms with van der Waals surface area (Å²) in [5.74, 6) is 0.550. The fraction of sp³-hybridized carbons (Fsp3) is 0.300. The third-order valence-electron chi connectivity index (χ3n) is 5.21. The van der Waals surface area contributed by atoms with Crippen LogP contribution in [0.25, 0.3) is 0 Å². The smallest absolute Gasteiger partial charge is 0.269 e. The zero-order valence-corrected chi connectivity index (χ0v) is 16.2. The van der Waals surface area contributed by atoms with Crippen LogP contribution in [0.15, 0.2) is 46.9 Å². The standard InChI is InChI=1S/C20H19BrN2O4/c21-15-6-4-14(5-7-15)20(9-1-2-10-20)19(25)23-22-18(24)13-3-8-16-17(11-13)27-12-26-16/h3-8,11H,1-2,9-10,12H2,(H,22,24)(H,23,25). The molecule has 0 atom stereocenters. The number of benzene rings is 2. The highest BCUT2D eigenvalue weighted by atomic mass is 79.9. The topological polar surface area (TPSA) is 76.7 Å². The van der Waals surface area contributed by atoms with Gasteiger partial charge in [0.1, 0.15) is 0 Å². The molecule has 7 heteroatoms. The number of carbonyl (C=O) groups is 2. The van der Waals surface area contributed by atoms with Crippen molar-refractivity contribution in [2.45, 2.75) is 31.1 Å². The zero-order chi connectivity index (χ0) is 18.9. The summed E-state index contributed by atoms with van der Waals surface area (Å²) in [6.45, 7) is 0.146. The van der Waals surface area contributed by atoms with Crippen molar-refractivity contribution in [1.82, 2.24) is 10.9 Å². The van der Waals surface area contributed by atoms with E-state index in [0.717, 1.165) is 35.7 Å². The second-order valence-corrected chi connectivity index (χ2v) is 7.69. The molecule has 4 rings (SSSR count). The van der Waals surface area contributed by atoms with Crippen molar-refractivity contribution in [1.29, 1.82) is 0 Å². The molecule has 140 valence electrons. The summed E-state index contributed by atoms with van der Waals surface area (Å²) in [7, 11) is 0. The van der Waals surface area contributed by atoms with Crippen molar-refractivity contribution < 1.29 is 19.1 Å². The Morgan fingerprint density at radius 3 is 2.37 bits per heavy atom. The van der Waals surface area contributed by atoms with Crippen LogP contribution in [-0.2, 0) is 10.2 Å². The van der Waals surface area contributed by atoms with Crippen LogP contribution in [-0.4, -0.2) is 18.6 Å². The number of rotatable bonds is 3. The van der Waals surface area contributed by atoms with Crippen molar-refractivity contribution in [2.24, 2.45) is 0 Å². The number of fused-ring (bicyclic) bond motifs is 1. The van der Waals surface area contributed by atoms with Crippen LogP contribution in [0.3, 0.4) is 0 Å². The Labute approximate surface area is 165 Å². The molecule has 2 N–H and O–H groups in total. The largest absolute Gasteiger partial charge is 0.454 e. The van der Waals surface area contributed by atoms with Gasteiger partial charge in [-0.1, -0.05) is 40.9 Å². The minimum absolute atomic E-state index is 0.146. The molecule has 0 radical (unpaired) electrons. The molecule has 1 saturated carbocycles. The van der Waals surface area contributed by atoms with Gasteiger partial charge in [-0.3, -0.25) is 20.4 Å². The summed E-state index contributed by atoms with van der Waals surface area (Å²) in [5, 5.41) is 0. The van der Waals surface area contributed by atoms with Crippen LogP contribution in [0.4, 0.5) is 0 Å². The van der Waals surface area contributed by atoms with Crippen LogP contribution in [0.1, 0.15) is 41.6 Å². The fourth-order valence-electron chi connectivity index (χ4n) is 3.74. The average Bonchev–Trinajstić information content (AvgIpc) is 3.35. The lowest BCUT2D eigenvalue weighted by Gasteiger charge is -2.28. The fourth-order valence-corrected chi connectivity index (χ4v) is 4.00. The van der Waals surface area contributed by atoms with Crippen molar-refractivity contribution >= 4 is 27.7 Å². The molecule has 1 aliphatic heterocycles. The Balaban J connectivity index is 1.47. The van der Waals surface area contributed by atoms with Crippen LogP contribution < -0.4 is 20.3 Å². The van der Waals surface area contributed by atoms with E-state index >= 15 is 0 Å². The maximum absolute atomic E-state index is 13.0. The van der Waals surface area contributed by atoms with Crippen molar-refractivity contribution in [3.63, 3.8) is 0 Å². The van der Waals surface area contributed by atoms with Gasteiger partial charge in [-0.15, -0.1) is 0 Å². The highest BCUT2D eigenvalue weighted by Gasteiger charge is 2.42. The van der Waals surface area contributed by atoms with Gasteiger partial charge in [0.25, 0.3) is 5.91 Å². The molecule has 2 amide bonds. The van der Waals surface area contributed by atoms with Gasteiger partial charge in [0.05, 0.1) is 5.41 Å². The first-order valence-electron chi connectivity index (χ1n) is 8.85. The summed E-state index contributed by atoms with van der Waals surface area (Å²) < 4.78 is 11.5. The van der Waals surface area contributed by atoms with Gasteiger partial charge in [-0.25, -0.2) is 0 Å². The Kier molecular flexibility index (Phi) is 4.78. The zero-order valence-electron chi connectivity index (χ0n) is 14.6. The highest BCUT2D eigenvalue weighted by molar-refractivity contribution is 9.10. The summed E-state index contributed by atoms with van der Waals surface area (Å²) in [5.41, 5.74) is 5.91. The van der Waals surface area contributed by atoms with Crippen molar-refractivity contribution in [2.75, 3.05) is 6.79 Å². The van der Waals surface area contributed by atoms with Gasteiger partial charge < -0.3 is 9.47 Å². The van der Waals surface area contributed by atoms with E-state index in [2.05, 4.69) is 26.8 Å². The third-order valence-corrected chi connectivity index (χ3v) is 5.74. The summed E-state index contributed by atoms with van der Waals surface area (Å²) in [6, 6.07) is 12.7. The normalized spacial score (nSPS) is 16.8. The van der Waals surface area contributed by atoms with Gasteiger partial charge in [0.15, 0.2) is 11.5 Å². The van der Waals surface area contributed by atoms with E-state index in [0.29, 0.717) is 17.1 Å². The van der Waals surface area contributed by atoms with Gasteiger partial charge in [0, 0.05) is 10.0 Å². The molecule has 0 unspecified atom stereocenters. The molecule has 0 saturated heterocycles. The molecule has 0 bridgehead atoms. The number of carbonyl (C=O) groups excluding carboxylic acids is 2. The molecule has 1 heterocycles. The van der Waals surface area contributed by atoms with E-state index in [4.69, 9.17) is 9.47 Å². The van der Waals surface area contributed by atoms with Gasteiger partial charge in [-0.2, -0.15) is 0 Å². The van der Waals surface area contributed by atoms with E-state index in [9.17, 15) is 9.59 Å². The average molecular weight is 431 g/mol. The molecule has 2 aromatic carbocycles. The molecule has 2 aromatic rings. The molecule has 1 aliphatic carbocycles. The molecule has 6 nitrogen and oxygen atoms in total. The predicted molar refractivity (Wildman–Crippen MR) is 102 cm³/mol. The minimum Gasteiger partial charge on any atom is -0.454 e. The Bertz CT molecular complexity index is 876. The Morgan fingerprint density at radius 1 is 0.926 bits per heavy atom. The summed E-state index contributed by atoms with van der Waals surface area (Å²) in [6.07, 6.45) is 3.50. The van der Waals surface area contributed by atoms with E-state index in [1.807, 2.05) is 24.3 Å². The van der Waals surface area contributed by atoms with Gasteiger partial charge in [0.2, 0.25) is 12.7 Å². The monoisotopic (exact) mass is 430 g/mol. The van der Waals surface area contributed by atoms with Crippen LogP contribution >= 0.6 is 15.9 Å². The molecule has 27 heavy (non-hydrogen) atoms. The molecule has 0 aromatic heterocycles. The number of hydrogen-bond acceptors (Lipinski definition) is 4. The maximum atomic E-state index is 13.0. The molecule has 2 aliphatic rings. The van der Waals surface area contributed by atoms with E-state index in [1.165, 1.54) is 0 Å². The van der Waals surface area contributed by atoms with Crippen LogP contribution in [0, 0.1) is 0 Å². The second kappa shape index (κ2) is 7.23. The molecular weight excluding hydrogens is 412 g/mol. The maximum Gasteiger partial charge on any atom is 0.269 e. The molecular formula is C20H19BrN2O4. The predicted octanol–water partition coefficient (Wildman–Crippen LogP) is 3.45. The first-order valence-corrected chi connectivity index (χ1v) is 9.64. The molecule has 0 spiro atoms. The van der Waals surface area contributed by atoms with Crippen molar-refractivity contribution in [3.8, 4) is 11.5 Å². The number of ether oxygens (including phenoxy) is 2. The quantitative estimate of drug-likeness (QED) is 0.731. The van der Waals surface area contributed by atoms with Crippen LogP contribution in [0.5, 0.6) is 11.5 Å². The van der Waals surface area contributed by atoms with Gasteiger partial charge >= 0.3 is 0 Å². The number of hydrogen-bond donors (Lipinski definition) is 2. The Morgan fingerprint density at radius 2 is 1.63 bits per heavy atom. The first-order chi connectivity index (χ1) is 13.1. The van der Waals surface area contributed by atoms with Crippen molar-refractivity contribution in [3.05, 3.63) is 58.1 Å². The van der Waals surface area contributed by atoms with Gasteiger partial charge in [-0.05, 0) is 48.7 Å². The number of halogens is 1. The summed E-state index contributed by atoms with van der Waals surface area (Å²) in [4.78, 5) is 25.4. The minimum atomic E-state index is -0.608. The summed E-state index contributed by atoms with van der Waals surface area (Å²) >= 11 is 3.43. The second-order valence-electron chi connectivity index (χ2n) is 6.77. The lowest BCUT2D eigenvalue weighted by molar-refractivity contribution is -0.127. The first kappa shape index (κ1) is 17.9. The number of nitrogens with one attached hydrogen (secondary N) is 2. The molecule has 1 fully saturated rings. The number of hydrazine groups is 1. The van der Waals surface area contributed by atoms with E-state index in [-0.39, 0.29) is 12.7 Å². The third kappa shape index (κ3) is 3.39. The Hall–Kier alpha value is -2.54. The van der Waals surface area contributed by atoms with E-state index in [1.54, 1.807) is 18.2 Å². The lowest BCUT2D eigenvalue weighted by atomic mass is 9.78. The SMILES string of the molecule is O=C(NNC(=O)C1(c2ccc(Br)cc2)CCCC1)c1ccc2c(c1)OCO2. The van der Waals surface area contributed by atoms with Crippen LogP contribution in [0.2, 0.25) is 0 Å². The lowest BCUT2D eigenvalue weighted by Crippen LogP contribution is -2.50. The van der Waals surface area contributed by atoms with E-state index < -0.39 is 11.3 Å².